The molecule has 1 N–H and O–H groups in total. The molecule has 0 amide bonds. The molecule has 1 aliphatic rings. The lowest BCUT2D eigenvalue weighted by molar-refractivity contribution is -0.170. The number of likely N-dealkylation sites (tertiary alicyclic amines) is 1. The van der Waals surface area contributed by atoms with Gasteiger partial charge in [0.2, 0.25) is 0 Å². The first kappa shape index (κ1) is 14.0. The standard InChI is InChI=1S/C15H21NO3/c1-2-19-14(17)15(18)8-10-16(11-9-15)12-13-6-4-3-5-7-13/h3-7,18H,2,8-12H2,1H3. The number of carbonyl (C=O) groups excluding carboxylic acids is 1. The fourth-order valence-electron chi connectivity index (χ4n) is 2.39. The van der Waals surface area contributed by atoms with E-state index in [1.165, 1.54) is 5.56 Å². The van der Waals surface area contributed by atoms with E-state index in [4.69, 9.17) is 4.74 Å². The van der Waals surface area contributed by atoms with Crippen LogP contribution in [0.15, 0.2) is 30.3 Å². The molecule has 1 aromatic carbocycles. The van der Waals surface area contributed by atoms with Crippen LogP contribution in [0, 0.1) is 0 Å². The summed E-state index contributed by atoms with van der Waals surface area (Å²) in [6, 6.07) is 10.2. The molecular formula is C15H21NO3. The summed E-state index contributed by atoms with van der Waals surface area (Å²) in [5.41, 5.74) is -0.0347. The van der Waals surface area contributed by atoms with Crippen LogP contribution in [0.5, 0.6) is 0 Å². The molecule has 0 unspecified atom stereocenters. The Balaban J connectivity index is 1.87. The molecule has 0 aliphatic carbocycles. The van der Waals surface area contributed by atoms with Crippen molar-refractivity contribution in [1.29, 1.82) is 0 Å². The summed E-state index contributed by atoms with van der Waals surface area (Å²) in [7, 11) is 0. The first-order valence-electron chi connectivity index (χ1n) is 6.80. The number of nitrogens with zero attached hydrogens (tertiary/aromatic N) is 1. The number of rotatable bonds is 4. The Hall–Kier alpha value is -1.39. The number of esters is 1. The van der Waals surface area contributed by atoms with E-state index in [0.717, 1.165) is 6.54 Å². The highest BCUT2D eigenvalue weighted by molar-refractivity contribution is 5.79. The van der Waals surface area contributed by atoms with E-state index >= 15 is 0 Å². The van der Waals surface area contributed by atoms with Crippen molar-refractivity contribution in [3.8, 4) is 0 Å². The van der Waals surface area contributed by atoms with E-state index in [1.807, 2.05) is 18.2 Å². The molecule has 104 valence electrons. The summed E-state index contributed by atoms with van der Waals surface area (Å²) in [5.74, 6) is -0.477. The van der Waals surface area contributed by atoms with E-state index in [0.29, 0.717) is 32.5 Å². The van der Waals surface area contributed by atoms with Gasteiger partial charge < -0.3 is 9.84 Å². The van der Waals surface area contributed by atoms with Crippen LogP contribution in [0.3, 0.4) is 0 Å². The van der Waals surface area contributed by atoms with Gasteiger partial charge in [0.25, 0.3) is 0 Å². The van der Waals surface area contributed by atoms with Crippen LogP contribution in [0.4, 0.5) is 0 Å². The van der Waals surface area contributed by atoms with E-state index in [-0.39, 0.29) is 0 Å². The van der Waals surface area contributed by atoms with Crippen molar-refractivity contribution in [2.24, 2.45) is 0 Å². The Morgan fingerprint density at radius 2 is 1.95 bits per heavy atom. The predicted molar refractivity (Wildman–Crippen MR) is 72.5 cm³/mol. The highest BCUT2D eigenvalue weighted by Crippen LogP contribution is 2.24. The quantitative estimate of drug-likeness (QED) is 0.838. The molecule has 0 saturated carbocycles. The molecule has 0 bridgehead atoms. The molecule has 0 aromatic heterocycles. The normalized spacial score (nSPS) is 19.1. The lowest BCUT2D eigenvalue weighted by atomic mass is 9.91. The number of aliphatic hydroxyl groups is 1. The van der Waals surface area contributed by atoms with Crippen molar-refractivity contribution in [3.05, 3.63) is 35.9 Å². The number of ether oxygens (including phenoxy) is 1. The topological polar surface area (TPSA) is 49.8 Å². The van der Waals surface area contributed by atoms with Crippen LogP contribution in [0.2, 0.25) is 0 Å². The first-order chi connectivity index (χ1) is 9.14. The van der Waals surface area contributed by atoms with Gasteiger partial charge in [-0.25, -0.2) is 4.79 Å². The molecular weight excluding hydrogens is 242 g/mol. The van der Waals surface area contributed by atoms with Crippen LogP contribution in [-0.4, -0.2) is 41.3 Å². The van der Waals surface area contributed by atoms with Crippen molar-refractivity contribution < 1.29 is 14.6 Å². The van der Waals surface area contributed by atoms with Crippen LogP contribution in [0.1, 0.15) is 25.3 Å². The lowest BCUT2D eigenvalue weighted by Crippen LogP contribution is -2.49. The minimum absolute atomic E-state index is 0.314. The summed E-state index contributed by atoms with van der Waals surface area (Å²) in [4.78, 5) is 13.9. The summed E-state index contributed by atoms with van der Waals surface area (Å²) in [6.07, 6.45) is 0.886. The van der Waals surface area contributed by atoms with Gasteiger partial charge in [-0.05, 0) is 25.3 Å². The summed E-state index contributed by atoms with van der Waals surface area (Å²) in [5, 5.41) is 10.3. The van der Waals surface area contributed by atoms with Gasteiger partial charge in [-0.15, -0.1) is 0 Å². The van der Waals surface area contributed by atoms with Gasteiger partial charge in [-0.1, -0.05) is 30.3 Å². The van der Waals surface area contributed by atoms with Gasteiger partial charge in [0, 0.05) is 19.6 Å². The third-order valence-corrected chi connectivity index (χ3v) is 3.59. The molecule has 1 aromatic rings. The SMILES string of the molecule is CCOC(=O)C1(O)CCN(Cc2ccccc2)CC1. The number of benzene rings is 1. The fourth-order valence-corrected chi connectivity index (χ4v) is 2.39. The minimum Gasteiger partial charge on any atom is -0.464 e. The van der Waals surface area contributed by atoms with Gasteiger partial charge in [0.15, 0.2) is 5.60 Å². The zero-order valence-electron chi connectivity index (χ0n) is 11.3. The highest BCUT2D eigenvalue weighted by atomic mass is 16.5. The monoisotopic (exact) mass is 263 g/mol. The van der Waals surface area contributed by atoms with Crippen LogP contribution in [-0.2, 0) is 16.1 Å². The summed E-state index contributed by atoms with van der Waals surface area (Å²) >= 11 is 0. The Bertz CT molecular complexity index is 411. The zero-order chi connectivity index (χ0) is 13.7. The highest BCUT2D eigenvalue weighted by Gasteiger charge is 2.40. The van der Waals surface area contributed by atoms with Gasteiger partial charge in [-0.3, -0.25) is 4.90 Å². The Kier molecular flexibility index (Phi) is 4.56. The number of hydrogen-bond acceptors (Lipinski definition) is 4. The average molecular weight is 263 g/mol. The number of piperidine rings is 1. The number of hydrogen-bond donors (Lipinski definition) is 1. The maximum Gasteiger partial charge on any atom is 0.338 e. The summed E-state index contributed by atoms with van der Waals surface area (Å²) < 4.78 is 4.93. The second kappa shape index (κ2) is 6.17. The van der Waals surface area contributed by atoms with Gasteiger partial charge in [0.1, 0.15) is 0 Å². The largest absolute Gasteiger partial charge is 0.464 e. The molecule has 1 saturated heterocycles. The second-order valence-corrected chi connectivity index (χ2v) is 5.01. The van der Waals surface area contributed by atoms with Gasteiger partial charge in [-0.2, -0.15) is 0 Å². The molecule has 0 radical (unpaired) electrons. The average Bonchev–Trinajstić information content (AvgIpc) is 2.43. The Morgan fingerprint density at radius 1 is 1.32 bits per heavy atom. The smallest absolute Gasteiger partial charge is 0.338 e. The van der Waals surface area contributed by atoms with E-state index in [2.05, 4.69) is 17.0 Å². The van der Waals surface area contributed by atoms with Crippen molar-refractivity contribution in [2.45, 2.75) is 31.9 Å². The van der Waals surface area contributed by atoms with Crippen molar-refractivity contribution in [2.75, 3.05) is 19.7 Å². The van der Waals surface area contributed by atoms with Crippen molar-refractivity contribution >= 4 is 5.97 Å². The molecule has 1 aliphatic heterocycles. The molecule has 1 heterocycles. The van der Waals surface area contributed by atoms with Crippen molar-refractivity contribution in [3.63, 3.8) is 0 Å². The zero-order valence-corrected chi connectivity index (χ0v) is 11.3. The molecule has 19 heavy (non-hydrogen) atoms. The fraction of sp³-hybridized carbons (Fsp3) is 0.533. The molecule has 0 spiro atoms. The van der Waals surface area contributed by atoms with E-state index in [1.54, 1.807) is 6.92 Å². The second-order valence-electron chi connectivity index (χ2n) is 5.01. The van der Waals surface area contributed by atoms with Crippen LogP contribution in [0.25, 0.3) is 0 Å². The molecule has 2 rings (SSSR count). The van der Waals surface area contributed by atoms with Gasteiger partial charge in [0.05, 0.1) is 6.61 Å². The Labute approximate surface area is 114 Å². The number of carbonyl (C=O) groups is 1. The van der Waals surface area contributed by atoms with Gasteiger partial charge >= 0.3 is 5.97 Å². The molecule has 0 atom stereocenters. The van der Waals surface area contributed by atoms with Crippen molar-refractivity contribution in [1.82, 2.24) is 4.90 Å². The summed E-state index contributed by atoms with van der Waals surface area (Å²) in [6.45, 7) is 4.36. The molecule has 4 heteroatoms. The minimum atomic E-state index is -1.29. The predicted octanol–water partition coefficient (Wildman–Crippen LogP) is 1.58. The van der Waals surface area contributed by atoms with Crippen LogP contribution >= 0.6 is 0 Å². The molecule has 1 fully saturated rings. The maximum atomic E-state index is 11.7. The maximum absolute atomic E-state index is 11.7. The third kappa shape index (κ3) is 3.55. The lowest BCUT2D eigenvalue weighted by Gasteiger charge is -2.36. The molecule has 4 nitrogen and oxygen atoms in total. The first-order valence-corrected chi connectivity index (χ1v) is 6.80. The van der Waals surface area contributed by atoms with Crippen LogP contribution < -0.4 is 0 Å². The Morgan fingerprint density at radius 3 is 2.53 bits per heavy atom. The van der Waals surface area contributed by atoms with E-state index < -0.39 is 11.6 Å². The third-order valence-electron chi connectivity index (χ3n) is 3.59. The van der Waals surface area contributed by atoms with E-state index in [9.17, 15) is 9.90 Å².